The molecule has 0 aliphatic carbocycles. The fourth-order valence-corrected chi connectivity index (χ4v) is 2.35. The summed E-state index contributed by atoms with van der Waals surface area (Å²) in [6.07, 6.45) is 6.61. The average molecular weight is 324 g/mol. The molecule has 1 aromatic heterocycles. The molecular weight excluding hydrogens is 300 g/mol. The maximum atomic E-state index is 12.1. The Morgan fingerprint density at radius 3 is 2.54 bits per heavy atom. The van der Waals surface area contributed by atoms with Crippen LogP contribution in [0.3, 0.4) is 0 Å². The monoisotopic (exact) mass is 324 g/mol. The van der Waals surface area contributed by atoms with Gasteiger partial charge in [0.05, 0.1) is 0 Å². The van der Waals surface area contributed by atoms with Crippen molar-refractivity contribution in [3.05, 3.63) is 66.0 Å². The molecule has 1 aromatic carbocycles. The number of hydrogen-bond acceptors (Lipinski definition) is 4. The van der Waals surface area contributed by atoms with Crippen LogP contribution in [0.1, 0.15) is 29.8 Å². The van der Waals surface area contributed by atoms with Gasteiger partial charge in [-0.05, 0) is 43.4 Å². The first-order valence-electron chi connectivity index (χ1n) is 8.31. The van der Waals surface area contributed by atoms with Crippen LogP contribution in [-0.4, -0.2) is 41.9 Å². The Bertz CT molecular complexity index is 664. The van der Waals surface area contributed by atoms with Gasteiger partial charge in [-0.25, -0.2) is 0 Å². The van der Waals surface area contributed by atoms with Crippen molar-refractivity contribution in [1.29, 1.82) is 0 Å². The Kier molecular flexibility index (Phi) is 7.18. The van der Waals surface area contributed by atoms with Crippen LogP contribution >= 0.6 is 0 Å². The molecule has 0 N–H and O–H groups in total. The van der Waals surface area contributed by atoms with Crippen LogP contribution in [0.5, 0.6) is 5.75 Å². The number of carbonyl (C=O) groups excluding carboxylic acids is 1. The van der Waals surface area contributed by atoms with Crippen molar-refractivity contribution in [2.24, 2.45) is 0 Å². The van der Waals surface area contributed by atoms with E-state index in [4.69, 9.17) is 4.74 Å². The van der Waals surface area contributed by atoms with Crippen molar-refractivity contribution in [2.45, 2.75) is 13.8 Å². The highest BCUT2D eigenvalue weighted by atomic mass is 16.5. The summed E-state index contributed by atoms with van der Waals surface area (Å²) in [6, 6.07) is 11.2. The molecule has 0 fully saturated rings. The van der Waals surface area contributed by atoms with E-state index in [9.17, 15) is 4.79 Å². The molecule has 24 heavy (non-hydrogen) atoms. The third kappa shape index (κ3) is 5.32. The van der Waals surface area contributed by atoms with E-state index in [0.717, 1.165) is 30.9 Å². The number of pyridine rings is 1. The van der Waals surface area contributed by atoms with Gasteiger partial charge < -0.3 is 9.64 Å². The normalized spacial score (nSPS) is 11.1. The molecule has 1 heterocycles. The molecule has 0 spiro atoms. The van der Waals surface area contributed by atoms with Crippen molar-refractivity contribution in [2.75, 3.05) is 26.2 Å². The quantitative estimate of drug-likeness (QED) is 0.521. The lowest BCUT2D eigenvalue weighted by Crippen LogP contribution is -2.27. The molecule has 4 nitrogen and oxygen atoms in total. The van der Waals surface area contributed by atoms with Gasteiger partial charge in [0.15, 0.2) is 5.78 Å². The molecule has 2 rings (SSSR count). The topological polar surface area (TPSA) is 42.4 Å². The van der Waals surface area contributed by atoms with Crippen molar-refractivity contribution >= 4 is 11.9 Å². The molecule has 0 aliphatic rings. The Hall–Kier alpha value is -2.46. The van der Waals surface area contributed by atoms with E-state index in [-0.39, 0.29) is 5.78 Å². The maximum Gasteiger partial charge on any atom is 0.185 e. The van der Waals surface area contributed by atoms with Gasteiger partial charge in [0.1, 0.15) is 12.4 Å². The van der Waals surface area contributed by atoms with Crippen LogP contribution in [-0.2, 0) is 0 Å². The summed E-state index contributed by atoms with van der Waals surface area (Å²) in [5, 5.41) is 0. The van der Waals surface area contributed by atoms with E-state index >= 15 is 0 Å². The van der Waals surface area contributed by atoms with Crippen LogP contribution < -0.4 is 4.74 Å². The summed E-state index contributed by atoms with van der Waals surface area (Å²) >= 11 is 0. The number of rotatable bonds is 9. The third-order valence-corrected chi connectivity index (χ3v) is 3.86. The van der Waals surface area contributed by atoms with Gasteiger partial charge in [0.25, 0.3) is 0 Å². The molecule has 0 saturated carbocycles. The van der Waals surface area contributed by atoms with E-state index in [2.05, 4.69) is 23.7 Å². The summed E-state index contributed by atoms with van der Waals surface area (Å²) in [4.78, 5) is 18.4. The number of ketones is 1. The smallest absolute Gasteiger partial charge is 0.185 e. The third-order valence-electron chi connectivity index (χ3n) is 3.86. The lowest BCUT2D eigenvalue weighted by atomic mass is 10.1. The number of nitrogens with zero attached hydrogens (tertiary/aromatic N) is 2. The molecule has 126 valence electrons. The first-order valence-corrected chi connectivity index (χ1v) is 8.31. The van der Waals surface area contributed by atoms with Crippen LogP contribution in [0.4, 0.5) is 0 Å². The van der Waals surface area contributed by atoms with Crippen molar-refractivity contribution in [1.82, 2.24) is 9.88 Å². The molecule has 4 heteroatoms. The Labute approximate surface area is 143 Å². The lowest BCUT2D eigenvalue weighted by molar-refractivity contribution is 0.104. The summed E-state index contributed by atoms with van der Waals surface area (Å²) in [6.45, 7) is 7.84. The first kappa shape index (κ1) is 17.9. The number of aromatic nitrogens is 1. The highest BCUT2D eigenvalue weighted by molar-refractivity contribution is 6.06. The molecule has 2 aromatic rings. The minimum atomic E-state index is -0.0460. The molecule has 0 bridgehead atoms. The summed E-state index contributed by atoms with van der Waals surface area (Å²) in [5.41, 5.74) is 1.53. The average Bonchev–Trinajstić information content (AvgIpc) is 2.65. The summed E-state index contributed by atoms with van der Waals surface area (Å²) < 4.78 is 5.90. The zero-order chi connectivity index (χ0) is 17.2. The Morgan fingerprint density at radius 1 is 1.12 bits per heavy atom. The van der Waals surface area contributed by atoms with Gasteiger partial charge in [-0.1, -0.05) is 32.0 Å². The molecule has 0 radical (unpaired) electrons. The minimum absolute atomic E-state index is 0.0460. The zero-order valence-corrected chi connectivity index (χ0v) is 14.3. The number of para-hydroxylation sites is 1. The number of ether oxygens (including phenoxy) is 1. The van der Waals surface area contributed by atoms with E-state index < -0.39 is 0 Å². The molecule has 0 saturated heterocycles. The number of benzene rings is 1. The second-order valence-corrected chi connectivity index (χ2v) is 5.35. The second-order valence-electron chi connectivity index (χ2n) is 5.35. The SMILES string of the molecule is CCN(CC)CCOc1ccccc1/C=C\C(=O)c1ccncc1. The predicted octanol–water partition coefficient (Wildman–Crippen LogP) is 3.70. The standard InChI is InChI=1S/C20H24N2O2/c1-3-22(4-2)15-16-24-20-8-6-5-7-18(20)9-10-19(23)17-11-13-21-14-12-17/h5-14H,3-4,15-16H2,1-2H3/b10-9-. The molecule has 0 atom stereocenters. The van der Waals surface area contributed by atoms with Gasteiger partial charge in [-0.3, -0.25) is 9.78 Å². The minimum Gasteiger partial charge on any atom is -0.492 e. The van der Waals surface area contributed by atoms with Crippen molar-refractivity contribution < 1.29 is 9.53 Å². The Balaban J connectivity index is 2.00. The van der Waals surface area contributed by atoms with Gasteiger partial charge >= 0.3 is 0 Å². The largest absolute Gasteiger partial charge is 0.492 e. The molecular formula is C20H24N2O2. The van der Waals surface area contributed by atoms with Crippen LogP contribution in [0, 0.1) is 0 Å². The Morgan fingerprint density at radius 2 is 1.83 bits per heavy atom. The van der Waals surface area contributed by atoms with Crippen LogP contribution in [0.2, 0.25) is 0 Å². The van der Waals surface area contributed by atoms with Crippen LogP contribution in [0.25, 0.3) is 6.08 Å². The predicted molar refractivity (Wildman–Crippen MR) is 97.3 cm³/mol. The number of carbonyl (C=O) groups is 1. The van der Waals surface area contributed by atoms with E-state index in [1.165, 1.54) is 0 Å². The number of hydrogen-bond donors (Lipinski definition) is 0. The fourth-order valence-electron chi connectivity index (χ4n) is 2.35. The van der Waals surface area contributed by atoms with E-state index in [0.29, 0.717) is 12.2 Å². The zero-order valence-electron chi connectivity index (χ0n) is 14.3. The fraction of sp³-hybridized carbons (Fsp3) is 0.300. The van der Waals surface area contributed by atoms with E-state index in [1.807, 2.05) is 24.3 Å². The summed E-state index contributed by atoms with van der Waals surface area (Å²) in [7, 11) is 0. The first-order chi connectivity index (χ1) is 11.7. The highest BCUT2D eigenvalue weighted by Crippen LogP contribution is 2.19. The second kappa shape index (κ2) is 9.63. The van der Waals surface area contributed by atoms with Gasteiger partial charge in [0, 0.05) is 30.1 Å². The van der Waals surface area contributed by atoms with Gasteiger partial charge in [-0.2, -0.15) is 0 Å². The summed E-state index contributed by atoms with van der Waals surface area (Å²) in [5.74, 6) is 0.749. The number of allylic oxidation sites excluding steroid dienone is 1. The van der Waals surface area contributed by atoms with Gasteiger partial charge in [0.2, 0.25) is 0 Å². The van der Waals surface area contributed by atoms with Crippen molar-refractivity contribution in [3.8, 4) is 5.75 Å². The number of likely N-dealkylation sites (N-methyl/N-ethyl adjacent to an activating group) is 1. The van der Waals surface area contributed by atoms with Gasteiger partial charge in [-0.15, -0.1) is 0 Å². The highest BCUT2D eigenvalue weighted by Gasteiger charge is 2.04. The molecule has 0 unspecified atom stereocenters. The lowest BCUT2D eigenvalue weighted by Gasteiger charge is -2.18. The molecule has 0 amide bonds. The molecule has 0 aliphatic heterocycles. The van der Waals surface area contributed by atoms with E-state index in [1.54, 1.807) is 36.7 Å². The maximum absolute atomic E-state index is 12.1. The van der Waals surface area contributed by atoms with Crippen molar-refractivity contribution in [3.63, 3.8) is 0 Å². The van der Waals surface area contributed by atoms with Crippen LogP contribution in [0.15, 0.2) is 54.9 Å².